The highest BCUT2D eigenvalue weighted by Gasteiger charge is 2.31. The van der Waals surface area contributed by atoms with Crippen LogP contribution in [0.25, 0.3) is 0 Å². The first-order valence-electron chi connectivity index (χ1n) is 7.19. The average molecular weight is 297 g/mol. The van der Waals surface area contributed by atoms with Crippen molar-refractivity contribution in [3.8, 4) is 11.8 Å². The van der Waals surface area contributed by atoms with Gasteiger partial charge in [0.05, 0.1) is 5.41 Å². The summed E-state index contributed by atoms with van der Waals surface area (Å²) in [6, 6.07) is 20.6. The number of alkyl halides is 1. The number of hydrogen-bond donors (Lipinski definition) is 0. The lowest BCUT2D eigenvalue weighted by molar-refractivity contribution is 0.567. The van der Waals surface area contributed by atoms with Gasteiger partial charge >= 0.3 is 0 Å². The summed E-state index contributed by atoms with van der Waals surface area (Å²) < 4.78 is 0. The Hall–Kier alpha value is -1.71. The van der Waals surface area contributed by atoms with E-state index in [4.69, 9.17) is 11.6 Å². The number of benzene rings is 2. The van der Waals surface area contributed by atoms with E-state index in [9.17, 15) is 0 Å². The zero-order valence-corrected chi connectivity index (χ0v) is 13.6. The van der Waals surface area contributed by atoms with Gasteiger partial charge in [-0.05, 0) is 31.9 Å². The highest BCUT2D eigenvalue weighted by atomic mass is 35.5. The fourth-order valence-electron chi connectivity index (χ4n) is 2.24. The summed E-state index contributed by atoms with van der Waals surface area (Å²) in [5, 5.41) is 0. The molecule has 0 saturated carbocycles. The molecular formula is C20H21Cl. The Morgan fingerprint density at radius 3 is 1.52 bits per heavy atom. The predicted molar refractivity (Wildman–Crippen MR) is 91.6 cm³/mol. The molecule has 0 aliphatic heterocycles. The molecule has 21 heavy (non-hydrogen) atoms. The lowest BCUT2D eigenvalue weighted by Crippen LogP contribution is -2.28. The summed E-state index contributed by atoms with van der Waals surface area (Å²) in [7, 11) is 0. The molecule has 0 N–H and O–H groups in total. The highest BCUT2D eigenvalue weighted by molar-refractivity contribution is 6.19. The van der Waals surface area contributed by atoms with Crippen LogP contribution in [0.1, 0.15) is 31.9 Å². The van der Waals surface area contributed by atoms with E-state index in [1.165, 1.54) is 0 Å². The van der Waals surface area contributed by atoms with Crippen molar-refractivity contribution in [2.24, 2.45) is 5.41 Å². The van der Waals surface area contributed by atoms with E-state index in [1.54, 1.807) is 0 Å². The maximum atomic E-state index is 6.42. The number of hydrogen-bond acceptors (Lipinski definition) is 0. The van der Waals surface area contributed by atoms with Gasteiger partial charge in [0, 0.05) is 11.3 Å². The summed E-state index contributed by atoms with van der Waals surface area (Å²) in [5.41, 5.74) is 1.77. The average Bonchev–Trinajstić information content (AvgIpc) is 2.49. The fourth-order valence-corrected chi connectivity index (χ4v) is 2.61. The van der Waals surface area contributed by atoms with Gasteiger partial charge in [0.25, 0.3) is 0 Å². The van der Waals surface area contributed by atoms with Crippen LogP contribution in [0.4, 0.5) is 0 Å². The van der Waals surface area contributed by atoms with Crippen LogP contribution in [-0.2, 0) is 5.41 Å². The summed E-state index contributed by atoms with van der Waals surface area (Å²) >= 11 is 6.42. The van der Waals surface area contributed by atoms with E-state index in [0.29, 0.717) is 5.88 Å². The Bertz CT molecular complexity index is 585. The van der Waals surface area contributed by atoms with E-state index < -0.39 is 5.41 Å². The van der Waals surface area contributed by atoms with Crippen molar-refractivity contribution in [3.63, 3.8) is 0 Å². The molecule has 0 bridgehead atoms. The SMILES string of the molecule is CC(C)(C)C#CC(CCl)(c1ccccc1)c1ccccc1. The quantitative estimate of drug-likeness (QED) is 0.535. The van der Waals surface area contributed by atoms with Gasteiger partial charge in [-0.2, -0.15) is 0 Å². The second-order valence-electron chi connectivity index (χ2n) is 6.27. The fraction of sp³-hybridized carbons (Fsp3) is 0.300. The van der Waals surface area contributed by atoms with Gasteiger partial charge in [0.1, 0.15) is 0 Å². The Morgan fingerprint density at radius 1 is 0.762 bits per heavy atom. The van der Waals surface area contributed by atoms with Crippen molar-refractivity contribution in [3.05, 3.63) is 71.8 Å². The van der Waals surface area contributed by atoms with Crippen LogP contribution >= 0.6 is 11.6 Å². The van der Waals surface area contributed by atoms with E-state index in [0.717, 1.165) is 11.1 Å². The van der Waals surface area contributed by atoms with Gasteiger partial charge in [-0.1, -0.05) is 72.5 Å². The van der Waals surface area contributed by atoms with Crippen LogP contribution in [0.3, 0.4) is 0 Å². The first-order valence-corrected chi connectivity index (χ1v) is 7.73. The standard InChI is InChI=1S/C20H21Cl/c1-19(2,3)14-15-20(16-21,17-10-6-4-7-11-17)18-12-8-5-9-13-18/h4-13H,16H2,1-3H3. The molecule has 0 amide bonds. The van der Waals surface area contributed by atoms with Gasteiger partial charge < -0.3 is 0 Å². The minimum absolute atomic E-state index is 0.0547. The van der Waals surface area contributed by atoms with Crippen LogP contribution < -0.4 is 0 Å². The van der Waals surface area contributed by atoms with Crippen molar-refractivity contribution < 1.29 is 0 Å². The molecule has 0 aliphatic carbocycles. The summed E-state index contributed by atoms with van der Waals surface area (Å²) in [6.07, 6.45) is 0. The third kappa shape index (κ3) is 3.69. The molecule has 0 radical (unpaired) electrons. The molecule has 1 heteroatoms. The molecule has 0 fully saturated rings. The first kappa shape index (κ1) is 15.7. The molecule has 0 atom stereocenters. The maximum Gasteiger partial charge on any atom is 0.0946 e. The Kier molecular flexibility index (Phi) is 4.76. The van der Waals surface area contributed by atoms with Crippen molar-refractivity contribution >= 4 is 11.6 Å². The smallest absolute Gasteiger partial charge is 0.0946 e. The van der Waals surface area contributed by atoms with Crippen LogP contribution in [0, 0.1) is 17.3 Å². The van der Waals surface area contributed by atoms with Crippen molar-refractivity contribution in [1.82, 2.24) is 0 Å². The lowest BCUT2D eigenvalue weighted by atomic mass is 9.76. The molecule has 2 aromatic carbocycles. The Balaban J connectivity index is 2.65. The molecule has 0 unspecified atom stereocenters. The number of rotatable bonds is 3. The third-order valence-corrected chi connectivity index (χ3v) is 3.79. The minimum Gasteiger partial charge on any atom is -0.124 e. The molecule has 0 nitrogen and oxygen atoms in total. The summed E-state index contributed by atoms with van der Waals surface area (Å²) in [4.78, 5) is 0. The topological polar surface area (TPSA) is 0 Å². The zero-order valence-electron chi connectivity index (χ0n) is 12.9. The molecule has 0 spiro atoms. The largest absolute Gasteiger partial charge is 0.124 e. The van der Waals surface area contributed by atoms with Gasteiger partial charge in [-0.25, -0.2) is 0 Å². The zero-order chi connectivity index (χ0) is 15.3. The number of halogens is 1. The second kappa shape index (κ2) is 6.37. The van der Waals surface area contributed by atoms with Gasteiger partial charge in [-0.15, -0.1) is 11.6 Å². The minimum atomic E-state index is -0.461. The van der Waals surface area contributed by atoms with Crippen LogP contribution in [-0.4, -0.2) is 5.88 Å². The van der Waals surface area contributed by atoms with Crippen molar-refractivity contribution in [2.45, 2.75) is 26.2 Å². The maximum absolute atomic E-state index is 6.42. The van der Waals surface area contributed by atoms with Gasteiger partial charge in [-0.3, -0.25) is 0 Å². The molecule has 0 heterocycles. The van der Waals surface area contributed by atoms with Gasteiger partial charge in [0.15, 0.2) is 0 Å². The summed E-state index contributed by atoms with van der Waals surface area (Å²) in [5.74, 6) is 7.28. The molecule has 108 valence electrons. The van der Waals surface area contributed by atoms with Crippen molar-refractivity contribution in [1.29, 1.82) is 0 Å². The van der Waals surface area contributed by atoms with E-state index in [1.807, 2.05) is 36.4 Å². The normalized spacial score (nSPS) is 11.6. The Labute approximate surface area is 133 Å². The monoisotopic (exact) mass is 296 g/mol. The molecule has 2 rings (SSSR count). The van der Waals surface area contributed by atoms with Crippen LogP contribution in [0.15, 0.2) is 60.7 Å². The first-order chi connectivity index (χ1) is 9.98. The van der Waals surface area contributed by atoms with Gasteiger partial charge in [0.2, 0.25) is 0 Å². The molecular weight excluding hydrogens is 276 g/mol. The highest BCUT2D eigenvalue weighted by Crippen LogP contribution is 2.33. The Morgan fingerprint density at radius 2 is 1.19 bits per heavy atom. The summed E-state index contributed by atoms with van der Waals surface area (Å²) in [6.45, 7) is 6.36. The van der Waals surface area contributed by atoms with Crippen LogP contribution in [0.2, 0.25) is 0 Å². The van der Waals surface area contributed by atoms with Crippen LogP contribution in [0.5, 0.6) is 0 Å². The van der Waals surface area contributed by atoms with Crippen molar-refractivity contribution in [2.75, 3.05) is 5.88 Å². The van der Waals surface area contributed by atoms with E-state index >= 15 is 0 Å². The molecule has 0 aliphatic rings. The lowest BCUT2D eigenvalue weighted by Gasteiger charge is -2.28. The third-order valence-electron chi connectivity index (χ3n) is 3.38. The molecule has 2 aromatic rings. The molecule has 0 aromatic heterocycles. The van der Waals surface area contributed by atoms with E-state index in [2.05, 4.69) is 56.9 Å². The second-order valence-corrected chi connectivity index (χ2v) is 6.54. The predicted octanol–water partition coefficient (Wildman–Crippen LogP) is 5.26. The van der Waals surface area contributed by atoms with E-state index in [-0.39, 0.29) is 5.41 Å². The molecule has 0 saturated heterocycles.